The van der Waals surface area contributed by atoms with E-state index in [4.69, 9.17) is 9.84 Å². The van der Waals surface area contributed by atoms with Gasteiger partial charge in [0.15, 0.2) is 11.9 Å². The van der Waals surface area contributed by atoms with Gasteiger partial charge in [0.05, 0.1) is 13.2 Å². The van der Waals surface area contributed by atoms with Crippen LogP contribution in [0.2, 0.25) is 0 Å². The molecular weight excluding hydrogens is 216 g/mol. The Labute approximate surface area is 93.1 Å². The second kappa shape index (κ2) is 5.72. The van der Waals surface area contributed by atoms with Crippen LogP contribution in [0.15, 0.2) is 11.5 Å². The highest BCUT2D eigenvalue weighted by Gasteiger charge is 2.40. The second-order valence-corrected chi connectivity index (χ2v) is 3.49. The summed E-state index contributed by atoms with van der Waals surface area (Å²) >= 11 is 0. The fraction of sp³-hybridized carbons (Fsp3) is 0.700. The number of esters is 1. The number of ether oxygens (including phenoxy) is 2. The van der Waals surface area contributed by atoms with Gasteiger partial charge < -0.3 is 24.8 Å². The lowest BCUT2D eigenvalue weighted by molar-refractivity contribution is -0.148. The number of aliphatic hydroxyl groups is 3. The molecule has 0 amide bonds. The van der Waals surface area contributed by atoms with Crippen molar-refractivity contribution in [2.75, 3.05) is 13.2 Å². The van der Waals surface area contributed by atoms with Crippen molar-refractivity contribution in [1.29, 1.82) is 0 Å². The molecule has 6 nitrogen and oxygen atoms in total. The predicted octanol–water partition coefficient (Wildman–Crippen LogP) is -0.149. The zero-order chi connectivity index (χ0) is 12.1. The second-order valence-electron chi connectivity index (χ2n) is 3.49. The fourth-order valence-corrected chi connectivity index (χ4v) is 1.29. The molecule has 0 fully saturated rings. The SMILES string of the molecule is CCCCOC1=C(O)C(=O)O[C@H]1[C@H](O)CO. The normalized spacial score (nSPS) is 22.2. The summed E-state index contributed by atoms with van der Waals surface area (Å²) in [6, 6.07) is 0. The quantitative estimate of drug-likeness (QED) is 0.435. The molecule has 2 atom stereocenters. The summed E-state index contributed by atoms with van der Waals surface area (Å²) in [4.78, 5) is 11.0. The van der Waals surface area contributed by atoms with E-state index in [0.717, 1.165) is 12.8 Å². The van der Waals surface area contributed by atoms with Crippen LogP contribution in [0.5, 0.6) is 0 Å². The van der Waals surface area contributed by atoms with Gasteiger partial charge in [0.25, 0.3) is 0 Å². The van der Waals surface area contributed by atoms with Crippen LogP contribution >= 0.6 is 0 Å². The number of carbonyl (C=O) groups is 1. The topological polar surface area (TPSA) is 96.2 Å². The molecule has 0 spiro atoms. The first-order valence-corrected chi connectivity index (χ1v) is 5.17. The highest BCUT2D eigenvalue weighted by molar-refractivity contribution is 5.89. The summed E-state index contributed by atoms with van der Waals surface area (Å²) in [5, 5.41) is 27.5. The third-order valence-electron chi connectivity index (χ3n) is 2.21. The summed E-state index contributed by atoms with van der Waals surface area (Å²) in [5.74, 6) is -1.67. The summed E-state index contributed by atoms with van der Waals surface area (Å²) in [6.45, 7) is 1.71. The van der Waals surface area contributed by atoms with Gasteiger partial charge in [0.2, 0.25) is 5.76 Å². The van der Waals surface area contributed by atoms with Gasteiger partial charge in [-0.15, -0.1) is 0 Å². The van der Waals surface area contributed by atoms with E-state index in [9.17, 15) is 15.0 Å². The van der Waals surface area contributed by atoms with Crippen molar-refractivity contribution in [2.24, 2.45) is 0 Å². The van der Waals surface area contributed by atoms with Crippen LogP contribution in [0.4, 0.5) is 0 Å². The van der Waals surface area contributed by atoms with Gasteiger partial charge in [-0.1, -0.05) is 13.3 Å². The molecule has 1 heterocycles. The first-order valence-electron chi connectivity index (χ1n) is 5.17. The van der Waals surface area contributed by atoms with Crippen LogP contribution in [0.3, 0.4) is 0 Å². The number of hydrogen-bond donors (Lipinski definition) is 3. The van der Waals surface area contributed by atoms with Gasteiger partial charge in [0.1, 0.15) is 6.10 Å². The van der Waals surface area contributed by atoms with Crippen molar-refractivity contribution < 1.29 is 29.6 Å². The minimum absolute atomic E-state index is 0.0972. The Hall–Kier alpha value is -1.27. The fourth-order valence-electron chi connectivity index (χ4n) is 1.29. The summed E-state index contributed by atoms with van der Waals surface area (Å²) < 4.78 is 9.85. The maximum absolute atomic E-state index is 11.0. The molecule has 1 rings (SSSR count). The molecule has 0 bridgehead atoms. The molecule has 6 heteroatoms. The average Bonchev–Trinajstić information content (AvgIpc) is 2.56. The Kier molecular flexibility index (Phi) is 4.57. The largest absolute Gasteiger partial charge is 0.499 e. The van der Waals surface area contributed by atoms with Gasteiger partial charge in [-0.05, 0) is 6.42 Å². The summed E-state index contributed by atoms with van der Waals surface area (Å²) in [5.41, 5.74) is 0. The minimum Gasteiger partial charge on any atom is -0.499 e. The van der Waals surface area contributed by atoms with Crippen molar-refractivity contribution in [3.05, 3.63) is 11.5 Å². The Morgan fingerprint density at radius 1 is 1.56 bits per heavy atom. The number of carbonyl (C=O) groups excluding carboxylic acids is 1. The van der Waals surface area contributed by atoms with Crippen molar-refractivity contribution in [3.63, 3.8) is 0 Å². The highest BCUT2D eigenvalue weighted by Crippen LogP contribution is 2.24. The van der Waals surface area contributed by atoms with Crippen molar-refractivity contribution in [2.45, 2.75) is 32.0 Å². The lowest BCUT2D eigenvalue weighted by Gasteiger charge is -2.18. The lowest BCUT2D eigenvalue weighted by atomic mass is 10.2. The van der Waals surface area contributed by atoms with Gasteiger partial charge in [-0.3, -0.25) is 0 Å². The Balaban J connectivity index is 2.69. The van der Waals surface area contributed by atoms with E-state index in [2.05, 4.69) is 4.74 Å². The molecule has 0 aromatic heterocycles. The lowest BCUT2D eigenvalue weighted by Crippen LogP contribution is -2.32. The molecule has 0 aromatic carbocycles. The van der Waals surface area contributed by atoms with Crippen LogP contribution < -0.4 is 0 Å². The summed E-state index contributed by atoms with van der Waals surface area (Å²) in [7, 11) is 0. The number of rotatable bonds is 6. The molecular formula is C10H16O6. The van der Waals surface area contributed by atoms with E-state index in [1.807, 2.05) is 6.92 Å². The van der Waals surface area contributed by atoms with Gasteiger partial charge >= 0.3 is 5.97 Å². The molecule has 0 radical (unpaired) electrons. The molecule has 0 aliphatic carbocycles. The molecule has 3 N–H and O–H groups in total. The average molecular weight is 232 g/mol. The van der Waals surface area contributed by atoms with E-state index >= 15 is 0 Å². The van der Waals surface area contributed by atoms with E-state index in [1.54, 1.807) is 0 Å². The zero-order valence-corrected chi connectivity index (χ0v) is 9.05. The Bertz CT molecular complexity index is 285. The molecule has 1 aliphatic heterocycles. The molecule has 0 saturated carbocycles. The predicted molar refractivity (Wildman–Crippen MR) is 53.5 cm³/mol. The zero-order valence-electron chi connectivity index (χ0n) is 9.05. The number of hydrogen-bond acceptors (Lipinski definition) is 6. The first-order chi connectivity index (χ1) is 7.61. The van der Waals surface area contributed by atoms with E-state index in [1.165, 1.54) is 0 Å². The number of aliphatic hydroxyl groups excluding tert-OH is 3. The van der Waals surface area contributed by atoms with Crippen LogP contribution in [0.25, 0.3) is 0 Å². The van der Waals surface area contributed by atoms with Crippen LogP contribution in [0.1, 0.15) is 19.8 Å². The molecule has 0 aromatic rings. The molecule has 0 unspecified atom stereocenters. The smallest absolute Gasteiger partial charge is 0.378 e. The molecule has 16 heavy (non-hydrogen) atoms. The van der Waals surface area contributed by atoms with Crippen molar-refractivity contribution in [3.8, 4) is 0 Å². The van der Waals surface area contributed by atoms with Crippen LogP contribution in [-0.2, 0) is 14.3 Å². The summed E-state index contributed by atoms with van der Waals surface area (Å²) in [6.07, 6.45) is -0.747. The monoisotopic (exact) mass is 232 g/mol. The van der Waals surface area contributed by atoms with Crippen molar-refractivity contribution in [1.82, 2.24) is 0 Å². The van der Waals surface area contributed by atoms with Crippen LogP contribution in [0, 0.1) is 0 Å². The van der Waals surface area contributed by atoms with E-state index in [-0.39, 0.29) is 5.76 Å². The highest BCUT2D eigenvalue weighted by atomic mass is 16.6. The Morgan fingerprint density at radius 2 is 2.25 bits per heavy atom. The molecule has 92 valence electrons. The third-order valence-corrected chi connectivity index (χ3v) is 2.21. The van der Waals surface area contributed by atoms with Crippen LogP contribution in [-0.4, -0.2) is 46.7 Å². The van der Waals surface area contributed by atoms with Gasteiger partial charge in [-0.2, -0.15) is 0 Å². The molecule has 1 aliphatic rings. The van der Waals surface area contributed by atoms with E-state index in [0.29, 0.717) is 6.61 Å². The van der Waals surface area contributed by atoms with Crippen molar-refractivity contribution >= 4 is 5.97 Å². The first kappa shape index (κ1) is 12.8. The van der Waals surface area contributed by atoms with E-state index < -0.39 is 30.5 Å². The van der Waals surface area contributed by atoms with Gasteiger partial charge in [-0.25, -0.2) is 4.79 Å². The Morgan fingerprint density at radius 3 is 2.81 bits per heavy atom. The maximum atomic E-state index is 11.0. The van der Waals surface area contributed by atoms with Gasteiger partial charge in [0, 0.05) is 0 Å². The number of unbranched alkanes of at least 4 members (excludes halogenated alkanes) is 1. The third kappa shape index (κ3) is 2.65. The minimum atomic E-state index is -1.29. The maximum Gasteiger partial charge on any atom is 0.378 e. The number of cyclic esters (lactones) is 1. The molecule has 0 saturated heterocycles. The standard InChI is InChI=1S/C10H16O6/c1-2-3-4-15-9-7(13)10(14)16-8(9)6(12)5-11/h6,8,11-13H,2-5H2,1H3/t6-,8+/m1/s1.